The number of nitrogens with one attached hydrogen (secondary N) is 2. The van der Waals surface area contributed by atoms with E-state index in [0.717, 1.165) is 63.7 Å². The molecule has 0 aliphatic carbocycles. The first-order valence-electron chi connectivity index (χ1n) is 11.7. The molecular formula is C28H28N4O. The molecule has 0 aliphatic heterocycles. The van der Waals surface area contributed by atoms with E-state index in [1.165, 1.54) is 19.3 Å². The Labute approximate surface area is 193 Å². The van der Waals surface area contributed by atoms with Crippen molar-refractivity contribution in [3.8, 4) is 39.7 Å². The molecule has 0 fully saturated rings. The number of aromatic nitrogens is 4. The van der Waals surface area contributed by atoms with E-state index in [1.807, 2.05) is 54.6 Å². The Hall–Kier alpha value is -3.86. The maximum Gasteiger partial charge on any atom is 0.157 e. The first-order chi connectivity index (χ1) is 16.3. The summed E-state index contributed by atoms with van der Waals surface area (Å²) in [5, 5.41) is 7.95. The number of imidazole rings is 1. The lowest BCUT2D eigenvalue weighted by Gasteiger charge is -2.08. The normalized spacial score (nSPS) is 11.2. The Kier molecular flexibility index (Phi) is 6.20. The van der Waals surface area contributed by atoms with Gasteiger partial charge in [0.1, 0.15) is 17.1 Å². The van der Waals surface area contributed by atoms with Crippen LogP contribution in [0, 0.1) is 0 Å². The summed E-state index contributed by atoms with van der Waals surface area (Å²) < 4.78 is 5.92. The monoisotopic (exact) mass is 436 g/mol. The lowest BCUT2D eigenvalue weighted by Crippen LogP contribution is -1.97. The molecule has 5 nitrogen and oxygen atoms in total. The first-order valence-corrected chi connectivity index (χ1v) is 11.7. The van der Waals surface area contributed by atoms with Crippen molar-refractivity contribution in [1.82, 2.24) is 20.2 Å². The van der Waals surface area contributed by atoms with E-state index in [9.17, 15) is 0 Å². The number of H-pyrrole nitrogens is 2. The Balaban J connectivity index is 1.48. The van der Waals surface area contributed by atoms with Crippen molar-refractivity contribution >= 4 is 11.0 Å². The molecular weight excluding hydrogens is 408 g/mol. The Morgan fingerprint density at radius 2 is 1.58 bits per heavy atom. The van der Waals surface area contributed by atoms with Crippen LogP contribution in [-0.4, -0.2) is 26.8 Å². The molecule has 0 amide bonds. The van der Waals surface area contributed by atoms with Crippen LogP contribution >= 0.6 is 0 Å². The van der Waals surface area contributed by atoms with Crippen LogP contribution in [0.25, 0.3) is 44.9 Å². The third-order valence-corrected chi connectivity index (χ3v) is 5.85. The van der Waals surface area contributed by atoms with Crippen LogP contribution in [-0.2, 0) is 0 Å². The fraction of sp³-hybridized carbons (Fsp3) is 0.214. The third-order valence-electron chi connectivity index (χ3n) is 5.85. The summed E-state index contributed by atoms with van der Waals surface area (Å²) in [6, 6.07) is 26.6. The third kappa shape index (κ3) is 4.53. The molecule has 5 rings (SSSR count). The molecule has 0 saturated heterocycles. The zero-order valence-corrected chi connectivity index (χ0v) is 18.8. The summed E-state index contributed by atoms with van der Waals surface area (Å²) in [6.45, 7) is 2.98. The fourth-order valence-corrected chi connectivity index (χ4v) is 4.11. The summed E-state index contributed by atoms with van der Waals surface area (Å²) in [7, 11) is 0. The van der Waals surface area contributed by atoms with Gasteiger partial charge >= 0.3 is 0 Å². The van der Waals surface area contributed by atoms with Crippen LogP contribution in [0.1, 0.15) is 32.6 Å². The van der Waals surface area contributed by atoms with Crippen molar-refractivity contribution in [2.24, 2.45) is 0 Å². The molecule has 33 heavy (non-hydrogen) atoms. The SMILES string of the molecule is CCCCCCOc1ccc(-c2n[nH]c(-c3nc4ccccc4[nH]3)c2-c2ccccc2)cc1. The number of fused-ring (bicyclic) bond motifs is 1. The van der Waals surface area contributed by atoms with Gasteiger partial charge < -0.3 is 9.72 Å². The van der Waals surface area contributed by atoms with Crippen LogP contribution in [0.3, 0.4) is 0 Å². The zero-order valence-electron chi connectivity index (χ0n) is 18.8. The molecule has 2 aromatic heterocycles. The number of unbranched alkanes of at least 4 members (excludes halogenated alkanes) is 3. The molecule has 0 bridgehead atoms. The van der Waals surface area contributed by atoms with E-state index in [4.69, 9.17) is 14.8 Å². The minimum absolute atomic E-state index is 0.757. The number of hydrogen-bond acceptors (Lipinski definition) is 3. The topological polar surface area (TPSA) is 66.6 Å². The van der Waals surface area contributed by atoms with Gasteiger partial charge in [-0.3, -0.25) is 5.10 Å². The fourth-order valence-electron chi connectivity index (χ4n) is 4.11. The van der Waals surface area contributed by atoms with E-state index in [2.05, 4.69) is 41.3 Å². The molecule has 5 heteroatoms. The average molecular weight is 437 g/mol. The van der Waals surface area contributed by atoms with Gasteiger partial charge in [0, 0.05) is 11.1 Å². The Morgan fingerprint density at radius 1 is 0.788 bits per heavy atom. The van der Waals surface area contributed by atoms with Gasteiger partial charge in [-0.1, -0.05) is 68.7 Å². The summed E-state index contributed by atoms with van der Waals surface area (Å²) >= 11 is 0. The minimum Gasteiger partial charge on any atom is -0.494 e. The lowest BCUT2D eigenvalue weighted by molar-refractivity contribution is 0.305. The Bertz CT molecular complexity index is 1290. The number of benzene rings is 3. The largest absolute Gasteiger partial charge is 0.494 e. The van der Waals surface area contributed by atoms with Gasteiger partial charge in [0.15, 0.2) is 5.82 Å². The smallest absolute Gasteiger partial charge is 0.157 e. The predicted octanol–water partition coefficient (Wildman–Crippen LogP) is 7.25. The van der Waals surface area contributed by atoms with Crippen molar-refractivity contribution in [2.45, 2.75) is 32.6 Å². The van der Waals surface area contributed by atoms with Gasteiger partial charge in [0.25, 0.3) is 0 Å². The second-order valence-corrected chi connectivity index (χ2v) is 8.22. The summed E-state index contributed by atoms with van der Waals surface area (Å²) in [4.78, 5) is 8.23. The highest BCUT2D eigenvalue weighted by atomic mass is 16.5. The van der Waals surface area contributed by atoms with E-state index in [0.29, 0.717) is 0 Å². The van der Waals surface area contributed by atoms with Crippen molar-refractivity contribution in [3.63, 3.8) is 0 Å². The highest BCUT2D eigenvalue weighted by molar-refractivity contribution is 5.91. The number of aromatic amines is 2. The second kappa shape index (κ2) is 9.74. The zero-order chi connectivity index (χ0) is 22.5. The second-order valence-electron chi connectivity index (χ2n) is 8.22. The van der Waals surface area contributed by atoms with Crippen LogP contribution < -0.4 is 4.74 Å². The highest BCUT2D eigenvalue weighted by Gasteiger charge is 2.20. The highest BCUT2D eigenvalue weighted by Crippen LogP contribution is 2.38. The minimum atomic E-state index is 0.757. The number of para-hydroxylation sites is 2. The van der Waals surface area contributed by atoms with Crippen molar-refractivity contribution in [2.75, 3.05) is 6.61 Å². The summed E-state index contributed by atoms with van der Waals surface area (Å²) in [6.07, 6.45) is 4.80. The number of nitrogens with zero attached hydrogens (tertiary/aromatic N) is 2. The van der Waals surface area contributed by atoms with E-state index < -0.39 is 0 Å². The lowest BCUT2D eigenvalue weighted by atomic mass is 9.98. The summed E-state index contributed by atoms with van der Waals surface area (Å²) in [5.41, 5.74) is 6.86. The van der Waals surface area contributed by atoms with Crippen molar-refractivity contribution in [3.05, 3.63) is 78.9 Å². The van der Waals surface area contributed by atoms with Crippen LogP contribution in [0.15, 0.2) is 78.9 Å². The quantitative estimate of drug-likeness (QED) is 0.239. The first kappa shape index (κ1) is 21.0. The van der Waals surface area contributed by atoms with E-state index in [1.54, 1.807) is 0 Å². The van der Waals surface area contributed by atoms with Crippen molar-refractivity contribution in [1.29, 1.82) is 0 Å². The molecule has 2 heterocycles. The molecule has 0 aliphatic rings. The number of ether oxygens (including phenoxy) is 1. The Morgan fingerprint density at radius 3 is 2.36 bits per heavy atom. The van der Waals surface area contributed by atoms with Gasteiger partial charge in [-0.25, -0.2) is 4.98 Å². The average Bonchev–Trinajstić information content (AvgIpc) is 3.49. The molecule has 2 N–H and O–H groups in total. The van der Waals surface area contributed by atoms with Gasteiger partial charge in [-0.2, -0.15) is 5.10 Å². The standard InChI is InChI=1S/C28H28N4O/c1-2-3-4-10-19-33-22-17-15-21(16-18-22)26-25(20-11-6-5-7-12-20)27(32-31-26)28-29-23-13-8-9-14-24(23)30-28/h5-9,11-18H,2-4,10,19H2,1H3,(H,29,30)(H,31,32). The molecule has 0 unspecified atom stereocenters. The molecule has 3 aromatic carbocycles. The molecule has 0 radical (unpaired) electrons. The molecule has 0 saturated carbocycles. The maximum absolute atomic E-state index is 5.92. The molecule has 5 aromatic rings. The van der Waals surface area contributed by atoms with Crippen LogP contribution in [0.5, 0.6) is 5.75 Å². The number of hydrogen-bond donors (Lipinski definition) is 2. The van der Waals surface area contributed by atoms with Crippen LogP contribution in [0.4, 0.5) is 0 Å². The maximum atomic E-state index is 5.92. The van der Waals surface area contributed by atoms with E-state index in [-0.39, 0.29) is 0 Å². The predicted molar refractivity (Wildman–Crippen MR) is 134 cm³/mol. The summed E-state index contributed by atoms with van der Waals surface area (Å²) in [5.74, 6) is 1.67. The van der Waals surface area contributed by atoms with Gasteiger partial charge in [-0.15, -0.1) is 0 Å². The molecule has 166 valence electrons. The molecule has 0 spiro atoms. The molecule has 0 atom stereocenters. The van der Waals surface area contributed by atoms with Crippen LogP contribution in [0.2, 0.25) is 0 Å². The van der Waals surface area contributed by atoms with E-state index >= 15 is 0 Å². The van der Waals surface area contributed by atoms with Gasteiger partial charge in [-0.05, 0) is 48.4 Å². The van der Waals surface area contributed by atoms with Gasteiger partial charge in [0.05, 0.1) is 17.6 Å². The number of rotatable bonds is 9. The van der Waals surface area contributed by atoms with Gasteiger partial charge in [0.2, 0.25) is 0 Å². The van der Waals surface area contributed by atoms with Crippen molar-refractivity contribution < 1.29 is 4.74 Å².